The molecule has 1 N–H and O–H groups in total. The first-order chi connectivity index (χ1) is 7.88. The molecule has 1 aromatic heterocycles. The Balaban J connectivity index is 2.41. The molecule has 1 aromatic rings. The molecular weight excluding hydrogens is 252 g/mol. The molecule has 2 nitrogen and oxygen atoms in total. The highest BCUT2D eigenvalue weighted by atomic mass is 32.2. The zero-order valence-electron chi connectivity index (χ0n) is 10.6. The number of rotatable bonds is 6. The van der Waals surface area contributed by atoms with Crippen LogP contribution >= 0.6 is 23.1 Å². The molecular formula is C13H20O2S2. The monoisotopic (exact) mass is 272 g/mol. The molecule has 0 bridgehead atoms. The van der Waals surface area contributed by atoms with Crippen LogP contribution in [0.2, 0.25) is 0 Å². The zero-order valence-corrected chi connectivity index (χ0v) is 12.2. The van der Waals surface area contributed by atoms with Crippen LogP contribution in [-0.2, 0) is 11.2 Å². The number of thioether (sulfide) groups is 1. The molecule has 0 aliphatic carbocycles. The van der Waals surface area contributed by atoms with Gasteiger partial charge in [0.2, 0.25) is 0 Å². The summed E-state index contributed by atoms with van der Waals surface area (Å²) in [5.41, 5.74) is 0. The van der Waals surface area contributed by atoms with Crippen molar-refractivity contribution in [2.24, 2.45) is 5.92 Å². The number of carboxylic acid groups (broad SMARTS) is 1. The molecule has 0 aliphatic rings. The van der Waals surface area contributed by atoms with Gasteiger partial charge in [-0.3, -0.25) is 4.79 Å². The van der Waals surface area contributed by atoms with Gasteiger partial charge in [0.15, 0.2) is 0 Å². The topological polar surface area (TPSA) is 37.3 Å². The maximum atomic E-state index is 11.2. The van der Waals surface area contributed by atoms with Gasteiger partial charge in [-0.1, -0.05) is 26.8 Å². The van der Waals surface area contributed by atoms with Gasteiger partial charge >= 0.3 is 5.97 Å². The van der Waals surface area contributed by atoms with E-state index >= 15 is 0 Å². The summed E-state index contributed by atoms with van der Waals surface area (Å²) < 4.78 is 0.136. The largest absolute Gasteiger partial charge is 0.481 e. The van der Waals surface area contributed by atoms with E-state index in [2.05, 4.69) is 26.8 Å². The molecule has 0 saturated carbocycles. The number of aliphatic carboxylic acids is 1. The molecule has 0 aromatic carbocycles. The fourth-order valence-corrected chi connectivity index (χ4v) is 3.14. The Morgan fingerprint density at radius 2 is 2.24 bits per heavy atom. The van der Waals surface area contributed by atoms with Crippen molar-refractivity contribution in [3.8, 4) is 0 Å². The maximum Gasteiger partial charge on any atom is 0.307 e. The van der Waals surface area contributed by atoms with Gasteiger partial charge in [0.25, 0.3) is 0 Å². The predicted molar refractivity (Wildman–Crippen MR) is 76.0 cm³/mol. The van der Waals surface area contributed by atoms with Crippen molar-refractivity contribution in [1.82, 2.24) is 0 Å². The third kappa shape index (κ3) is 6.13. The molecule has 4 heteroatoms. The van der Waals surface area contributed by atoms with Gasteiger partial charge in [-0.05, 0) is 24.3 Å². The molecule has 0 saturated heterocycles. The van der Waals surface area contributed by atoms with Crippen LogP contribution in [0.4, 0.5) is 0 Å². The van der Waals surface area contributed by atoms with E-state index in [4.69, 9.17) is 0 Å². The Labute approximate surface area is 111 Å². The van der Waals surface area contributed by atoms with E-state index in [0.717, 1.165) is 12.8 Å². The third-order valence-corrected chi connectivity index (χ3v) is 4.76. The molecule has 96 valence electrons. The smallest absolute Gasteiger partial charge is 0.307 e. The van der Waals surface area contributed by atoms with Crippen LogP contribution in [0.1, 0.15) is 32.1 Å². The minimum Gasteiger partial charge on any atom is -0.481 e. The Morgan fingerprint density at radius 3 is 2.71 bits per heavy atom. The molecule has 0 aliphatic heterocycles. The van der Waals surface area contributed by atoms with Crippen LogP contribution in [0.5, 0.6) is 0 Å². The molecule has 0 fully saturated rings. The van der Waals surface area contributed by atoms with Gasteiger partial charge in [-0.25, -0.2) is 0 Å². The summed E-state index contributed by atoms with van der Waals surface area (Å²) >= 11 is 3.43. The van der Waals surface area contributed by atoms with Crippen molar-refractivity contribution >= 4 is 29.1 Å². The van der Waals surface area contributed by atoms with E-state index in [1.807, 2.05) is 11.4 Å². The van der Waals surface area contributed by atoms with Crippen LogP contribution in [0.25, 0.3) is 0 Å². The summed E-state index contributed by atoms with van der Waals surface area (Å²) in [5, 5.41) is 11.2. The van der Waals surface area contributed by atoms with Crippen molar-refractivity contribution < 1.29 is 9.90 Å². The Morgan fingerprint density at radius 1 is 1.53 bits per heavy atom. The molecule has 1 heterocycles. The van der Waals surface area contributed by atoms with Crippen molar-refractivity contribution in [3.63, 3.8) is 0 Å². The highest BCUT2D eigenvalue weighted by Crippen LogP contribution is 2.27. The second-order valence-corrected chi connectivity index (χ2v) is 7.96. The number of carboxylic acids is 1. The lowest BCUT2D eigenvalue weighted by molar-refractivity contribution is -0.141. The van der Waals surface area contributed by atoms with Gasteiger partial charge in [0.05, 0.1) is 5.92 Å². The van der Waals surface area contributed by atoms with Crippen LogP contribution in [0.15, 0.2) is 17.5 Å². The van der Waals surface area contributed by atoms with E-state index in [0.29, 0.717) is 5.75 Å². The predicted octanol–water partition coefficient (Wildman–Crippen LogP) is 3.91. The van der Waals surface area contributed by atoms with E-state index in [1.165, 1.54) is 4.88 Å². The molecule has 0 spiro atoms. The Bertz CT molecular complexity index is 339. The average Bonchev–Trinajstić information content (AvgIpc) is 2.68. The summed E-state index contributed by atoms with van der Waals surface area (Å²) in [6.45, 7) is 6.36. The molecule has 0 radical (unpaired) electrons. The van der Waals surface area contributed by atoms with Gasteiger partial charge in [-0.2, -0.15) is 11.8 Å². The summed E-state index contributed by atoms with van der Waals surface area (Å²) in [4.78, 5) is 12.4. The molecule has 1 atom stereocenters. The fraction of sp³-hybridized carbons (Fsp3) is 0.615. The van der Waals surface area contributed by atoms with Crippen molar-refractivity contribution in [2.75, 3.05) is 5.75 Å². The minimum atomic E-state index is -0.668. The zero-order chi connectivity index (χ0) is 12.9. The van der Waals surface area contributed by atoms with Crippen molar-refractivity contribution in [3.05, 3.63) is 22.4 Å². The van der Waals surface area contributed by atoms with Gasteiger partial charge in [0.1, 0.15) is 0 Å². The van der Waals surface area contributed by atoms with Crippen LogP contribution in [-0.4, -0.2) is 21.6 Å². The summed E-state index contributed by atoms with van der Waals surface area (Å²) in [6, 6.07) is 4.08. The lowest BCUT2D eigenvalue weighted by Crippen LogP contribution is -2.20. The standard InChI is InChI=1S/C13H20O2S2/c1-13(2,3)17-9-10(12(14)15)6-7-11-5-4-8-16-11/h4-5,8,10H,6-7,9H2,1-3H3,(H,14,15). The molecule has 0 amide bonds. The molecule has 1 unspecified atom stereocenters. The Hall–Kier alpha value is -0.480. The molecule has 17 heavy (non-hydrogen) atoms. The number of thiophene rings is 1. The average molecular weight is 272 g/mol. The van der Waals surface area contributed by atoms with Gasteiger partial charge in [0, 0.05) is 15.4 Å². The second-order valence-electron chi connectivity index (χ2n) is 5.08. The quantitative estimate of drug-likeness (QED) is 0.853. The first-order valence-electron chi connectivity index (χ1n) is 5.77. The second kappa shape index (κ2) is 6.45. The van der Waals surface area contributed by atoms with Crippen LogP contribution in [0.3, 0.4) is 0 Å². The number of carbonyl (C=O) groups is 1. The maximum absolute atomic E-state index is 11.2. The lowest BCUT2D eigenvalue weighted by Gasteiger charge is -2.20. The fourth-order valence-electron chi connectivity index (χ4n) is 1.40. The number of hydrogen-bond acceptors (Lipinski definition) is 3. The Kier molecular flexibility index (Phi) is 5.53. The first-order valence-corrected chi connectivity index (χ1v) is 7.64. The number of hydrogen-bond donors (Lipinski definition) is 1. The summed E-state index contributed by atoms with van der Waals surface area (Å²) in [7, 11) is 0. The van der Waals surface area contributed by atoms with Gasteiger partial charge < -0.3 is 5.11 Å². The van der Waals surface area contributed by atoms with E-state index in [-0.39, 0.29) is 10.7 Å². The van der Waals surface area contributed by atoms with Crippen molar-refractivity contribution in [2.45, 2.75) is 38.4 Å². The number of aryl methyl sites for hydroxylation is 1. The normalized spacial score (nSPS) is 13.6. The summed E-state index contributed by atoms with van der Waals surface area (Å²) in [6.07, 6.45) is 1.61. The van der Waals surface area contributed by atoms with E-state index in [1.54, 1.807) is 23.1 Å². The minimum absolute atomic E-state index is 0.136. The van der Waals surface area contributed by atoms with Crippen molar-refractivity contribution in [1.29, 1.82) is 0 Å². The highest BCUT2D eigenvalue weighted by molar-refractivity contribution is 8.00. The highest BCUT2D eigenvalue weighted by Gasteiger charge is 2.21. The van der Waals surface area contributed by atoms with Gasteiger partial charge in [-0.15, -0.1) is 11.3 Å². The van der Waals surface area contributed by atoms with Crippen LogP contribution in [0, 0.1) is 5.92 Å². The first kappa shape index (κ1) is 14.6. The summed E-state index contributed by atoms with van der Waals surface area (Å²) in [5.74, 6) is -0.204. The van der Waals surface area contributed by atoms with E-state index in [9.17, 15) is 9.90 Å². The third-order valence-electron chi connectivity index (χ3n) is 2.39. The van der Waals surface area contributed by atoms with E-state index < -0.39 is 5.97 Å². The molecule has 1 rings (SSSR count). The lowest BCUT2D eigenvalue weighted by atomic mass is 10.1. The SMILES string of the molecule is CC(C)(C)SCC(CCc1cccs1)C(=O)O. The van der Waals surface area contributed by atoms with Crippen LogP contribution < -0.4 is 0 Å².